The summed E-state index contributed by atoms with van der Waals surface area (Å²) in [6, 6.07) is 9.66. The predicted molar refractivity (Wildman–Crippen MR) is 90.8 cm³/mol. The van der Waals surface area contributed by atoms with Gasteiger partial charge in [0.1, 0.15) is 11.5 Å². The van der Waals surface area contributed by atoms with E-state index >= 15 is 0 Å². The van der Waals surface area contributed by atoms with Crippen molar-refractivity contribution in [1.29, 1.82) is 0 Å². The second-order valence-corrected chi connectivity index (χ2v) is 5.38. The molecule has 0 atom stereocenters. The van der Waals surface area contributed by atoms with Crippen LogP contribution in [0.5, 0.6) is 11.5 Å². The standard InChI is InChI=1S/C19H15F3O5/c1-26-16-9-7-13(10-14(16)11-18(24)25)15(23)8-6-12-4-2-3-5-17(12)27-19(20,21)22/h2-10H,11H2,1H3,(H,24,25)/b8-6+. The maximum Gasteiger partial charge on any atom is 0.573 e. The van der Waals surface area contributed by atoms with Crippen molar-refractivity contribution >= 4 is 17.8 Å². The zero-order chi connectivity index (χ0) is 20.0. The summed E-state index contributed by atoms with van der Waals surface area (Å²) in [5.74, 6) is -1.71. The van der Waals surface area contributed by atoms with Gasteiger partial charge in [-0.05, 0) is 36.4 Å². The van der Waals surface area contributed by atoms with Gasteiger partial charge in [-0.15, -0.1) is 13.2 Å². The van der Waals surface area contributed by atoms with Crippen LogP contribution in [0.3, 0.4) is 0 Å². The number of methoxy groups -OCH3 is 1. The van der Waals surface area contributed by atoms with E-state index in [1.165, 1.54) is 49.6 Å². The molecule has 0 aromatic heterocycles. The van der Waals surface area contributed by atoms with Crippen LogP contribution in [0, 0.1) is 0 Å². The number of aliphatic carboxylic acids is 1. The second-order valence-electron chi connectivity index (χ2n) is 5.38. The molecule has 2 aromatic carbocycles. The fourth-order valence-corrected chi connectivity index (χ4v) is 2.33. The van der Waals surface area contributed by atoms with Gasteiger partial charge in [-0.1, -0.05) is 18.2 Å². The van der Waals surface area contributed by atoms with E-state index in [-0.39, 0.29) is 17.5 Å². The molecule has 0 aliphatic heterocycles. The molecular formula is C19H15F3O5. The van der Waals surface area contributed by atoms with Gasteiger partial charge < -0.3 is 14.6 Å². The molecule has 1 N–H and O–H groups in total. The molecule has 27 heavy (non-hydrogen) atoms. The number of carboxylic acids is 1. The maximum atomic E-state index is 12.4. The average Bonchev–Trinajstić information content (AvgIpc) is 2.59. The summed E-state index contributed by atoms with van der Waals surface area (Å²) < 4.78 is 46.3. The number of ether oxygens (including phenoxy) is 2. The highest BCUT2D eigenvalue weighted by Crippen LogP contribution is 2.27. The number of carbonyl (C=O) groups is 2. The summed E-state index contributed by atoms with van der Waals surface area (Å²) in [5, 5.41) is 8.93. The molecule has 5 nitrogen and oxygen atoms in total. The molecule has 0 heterocycles. The SMILES string of the molecule is COc1ccc(C(=O)/C=C/c2ccccc2OC(F)(F)F)cc1CC(=O)O. The summed E-state index contributed by atoms with van der Waals surface area (Å²) in [4.78, 5) is 23.2. The molecule has 0 bridgehead atoms. The molecule has 2 rings (SSSR count). The van der Waals surface area contributed by atoms with Crippen molar-refractivity contribution in [2.24, 2.45) is 0 Å². The first-order valence-corrected chi connectivity index (χ1v) is 7.65. The van der Waals surface area contributed by atoms with Crippen molar-refractivity contribution < 1.29 is 37.3 Å². The number of ketones is 1. The molecule has 0 unspecified atom stereocenters. The van der Waals surface area contributed by atoms with Crippen molar-refractivity contribution in [2.75, 3.05) is 7.11 Å². The van der Waals surface area contributed by atoms with Gasteiger partial charge in [0, 0.05) is 16.7 Å². The second kappa shape index (κ2) is 8.39. The topological polar surface area (TPSA) is 72.8 Å². The first-order chi connectivity index (χ1) is 12.7. The van der Waals surface area contributed by atoms with Crippen LogP contribution in [0.25, 0.3) is 6.08 Å². The Morgan fingerprint density at radius 2 is 1.81 bits per heavy atom. The van der Waals surface area contributed by atoms with E-state index in [1.54, 1.807) is 0 Å². The van der Waals surface area contributed by atoms with E-state index in [4.69, 9.17) is 9.84 Å². The monoisotopic (exact) mass is 380 g/mol. The quantitative estimate of drug-likeness (QED) is 0.578. The lowest BCUT2D eigenvalue weighted by Crippen LogP contribution is -2.17. The van der Waals surface area contributed by atoms with E-state index in [0.717, 1.165) is 12.1 Å². The first kappa shape index (κ1) is 20.0. The number of halogens is 3. The molecule has 0 saturated carbocycles. The normalized spacial score (nSPS) is 11.4. The highest BCUT2D eigenvalue weighted by Gasteiger charge is 2.31. The third-order valence-corrected chi connectivity index (χ3v) is 3.47. The zero-order valence-corrected chi connectivity index (χ0v) is 14.1. The van der Waals surface area contributed by atoms with Crippen LogP contribution >= 0.6 is 0 Å². The fourth-order valence-electron chi connectivity index (χ4n) is 2.33. The van der Waals surface area contributed by atoms with Crippen molar-refractivity contribution in [3.05, 3.63) is 65.2 Å². The van der Waals surface area contributed by atoms with Crippen molar-refractivity contribution in [1.82, 2.24) is 0 Å². The van der Waals surface area contributed by atoms with Gasteiger partial charge in [-0.25, -0.2) is 0 Å². The largest absolute Gasteiger partial charge is 0.573 e. The summed E-state index contributed by atoms with van der Waals surface area (Å²) in [6.07, 6.45) is -2.90. The number of para-hydroxylation sites is 1. The molecule has 0 saturated heterocycles. The van der Waals surface area contributed by atoms with Gasteiger partial charge in [0.15, 0.2) is 5.78 Å². The van der Waals surface area contributed by atoms with E-state index in [0.29, 0.717) is 11.3 Å². The minimum absolute atomic E-state index is 0.0717. The van der Waals surface area contributed by atoms with E-state index < -0.39 is 23.9 Å². The van der Waals surface area contributed by atoms with Gasteiger partial charge in [0.05, 0.1) is 13.5 Å². The summed E-state index contributed by atoms with van der Waals surface area (Å²) >= 11 is 0. The summed E-state index contributed by atoms with van der Waals surface area (Å²) in [6.45, 7) is 0. The molecule has 0 aliphatic rings. The van der Waals surface area contributed by atoms with Crippen LogP contribution in [0.15, 0.2) is 48.5 Å². The molecule has 142 valence electrons. The van der Waals surface area contributed by atoms with Gasteiger partial charge in [0.25, 0.3) is 0 Å². The number of alkyl halides is 3. The molecule has 0 fully saturated rings. The first-order valence-electron chi connectivity index (χ1n) is 7.65. The number of carbonyl (C=O) groups excluding carboxylic acids is 1. The van der Waals surface area contributed by atoms with Crippen LogP contribution in [0.1, 0.15) is 21.5 Å². The van der Waals surface area contributed by atoms with Gasteiger partial charge in [-0.2, -0.15) is 0 Å². The highest BCUT2D eigenvalue weighted by atomic mass is 19.4. The zero-order valence-electron chi connectivity index (χ0n) is 14.1. The van der Waals surface area contributed by atoms with Crippen LogP contribution in [0.2, 0.25) is 0 Å². The van der Waals surface area contributed by atoms with Crippen LogP contribution in [-0.4, -0.2) is 30.3 Å². The Hall–Kier alpha value is -3.29. The van der Waals surface area contributed by atoms with Gasteiger partial charge in [-0.3, -0.25) is 9.59 Å². The Balaban J connectivity index is 2.26. The number of carboxylic acid groups (broad SMARTS) is 1. The lowest BCUT2D eigenvalue weighted by Gasteiger charge is -2.11. The van der Waals surface area contributed by atoms with Crippen molar-refractivity contribution in [3.63, 3.8) is 0 Å². The Morgan fingerprint density at radius 3 is 2.44 bits per heavy atom. The molecule has 0 aliphatic carbocycles. The minimum atomic E-state index is -4.85. The fraction of sp³-hybridized carbons (Fsp3) is 0.158. The summed E-state index contributed by atoms with van der Waals surface area (Å²) in [7, 11) is 1.37. The molecular weight excluding hydrogens is 365 g/mol. The lowest BCUT2D eigenvalue weighted by molar-refractivity contribution is -0.274. The Labute approximate surface area is 152 Å². The van der Waals surface area contributed by atoms with E-state index in [1.807, 2.05) is 0 Å². The minimum Gasteiger partial charge on any atom is -0.496 e. The lowest BCUT2D eigenvalue weighted by atomic mass is 10.0. The van der Waals surface area contributed by atoms with Crippen molar-refractivity contribution in [3.8, 4) is 11.5 Å². The maximum absolute atomic E-state index is 12.4. The Kier molecular flexibility index (Phi) is 6.23. The van der Waals surface area contributed by atoms with E-state index in [9.17, 15) is 22.8 Å². The third-order valence-electron chi connectivity index (χ3n) is 3.47. The van der Waals surface area contributed by atoms with Gasteiger partial charge in [0.2, 0.25) is 0 Å². The number of allylic oxidation sites excluding steroid dienone is 1. The van der Waals surface area contributed by atoms with Crippen LogP contribution in [0.4, 0.5) is 13.2 Å². The third kappa shape index (κ3) is 5.88. The molecule has 8 heteroatoms. The smallest absolute Gasteiger partial charge is 0.496 e. The number of rotatable bonds is 7. The number of benzene rings is 2. The number of hydrogen-bond acceptors (Lipinski definition) is 4. The van der Waals surface area contributed by atoms with Crippen molar-refractivity contribution in [2.45, 2.75) is 12.8 Å². The molecule has 0 amide bonds. The van der Waals surface area contributed by atoms with E-state index in [2.05, 4.69) is 4.74 Å². The molecule has 0 spiro atoms. The van der Waals surface area contributed by atoms with Crippen LogP contribution < -0.4 is 9.47 Å². The Bertz CT molecular complexity index is 872. The molecule has 2 aromatic rings. The number of hydrogen-bond donors (Lipinski definition) is 1. The molecule has 0 radical (unpaired) electrons. The summed E-state index contributed by atoms with van der Waals surface area (Å²) in [5.41, 5.74) is 0.560. The Morgan fingerprint density at radius 1 is 1.11 bits per heavy atom. The van der Waals surface area contributed by atoms with Gasteiger partial charge >= 0.3 is 12.3 Å². The highest BCUT2D eigenvalue weighted by molar-refractivity contribution is 6.07. The van der Waals surface area contributed by atoms with Crippen LogP contribution in [-0.2, 0) is 11.2 Å². The predicted octanol–water partition coefficient (Wildman–Crippen LogP) is 4.12. The average molecular weight is 380 g/mol.